The number of ether oxygens (including phenoxy) is 1. The molecule has 0 fully saturated rings. The molecule has 3 aromatic heterocycles. The van der Waals surface area contributed by atoms with E-state index in [-0.39, 0.29) is 39.4 Å². The van der Waals surface area contributed by atoms with Gasteiger partial charge in [0.15, 0.2) is 0 Å². The largest absolute Gasteiger partial charge is 0.455 e. The van der Waals surface area contributed by atoms with Gasteiger partial charge < -0.3 is 19.0 Å². The van der Waals surface area contributed by atoms with Crippen molar-refractivity contribution in [2.75, 3.05) is 38.4 Å². The summed E-state index contributed by atoms with van der Waals surface area (Å²) >= 11 is 0. The summed E-state index contributed by atoms with van der Waals surface area (Å²) in [7, 11) is 2.05. The number of anilines is 1. The van der Waals surface area contributed by atoms with Gasteiger partial charge in [-0.1, -0.05) is 6.07 Å². The van der Waals surface area contributed by atoms with Crippen LogP contribution >= 0.6 is 0 Å². The van der Waals surface area contributed by atoms with Gasteiger partial charge in [-0.05, 0) is 54.6 Å². The molecule has 1 N–H and O–H groups in total. The normalized spacial score (nSPS) is 11.6. The Hall–Kier alpha value is -5.78. The standard InChI is InChI=1S/C35H31FN6O6S/c1-38-34(43)32-26-15-24(29(41(3)49(5,45)46)18-31(26)48-33(32)20-9-11-22(36)12-10-20)27-16-25(35(44)40(2)39-27)30-17-23-21(19-37)7-6-8-28(23)42(30)13-14-47-4/h6-12,15-18H,13-14H2,1-5H3,(H,38,43). The van der Waals surface area contributed by atoms with Crippen LogP contribution in [0.25, 0.3) is 55.7 Å². The summed E-state index contributed by atoms with van der Waals surface area (Å²) in [4.78, 5) is 27.1. The number of carbonyl (C=O) groups excluding carboxylic acids is 1. The first-order chi connectivity index (χ1) is 23.4. The van der Waals surface area contributed by atoms with E-state index in [0.29, 0.717) is 40.7 Å². The van der Waals surface area contributed by atoms with E-state index in [2.05, 4.69) is 16.5 Å². The maximum atomic E-state index is 13.8. The Kier molecular flexibility index (Phi) is 8.57. The number of nitrogens with one attached hydrogen (secondary N) is 1. The Bertz CT molecular complexity index is 2490. The molecule has 49 heavy (non-hydrogen) atoms. The summed E-state index contributed by atoms with van der Waals surface area (Å²) in [5.74, 6) is -0.801. The number of hydrogen-bond acceptors (Lipinski definition) is 8. The minimum atomic E-state index is -3.83. The van der Waals surface area contributed by atoms with Crippen LogP contribution in [0.4, 0.5) is 10.1 Å². The number of methoxy groups -OCH3 is 1. The Morgan fingerprint density at radius 2 is 1.84 bits per heavy atom. The molecule has 3 aromatic carbocycles. The van der Waals surface area contributed by atoms with E-state index in [1.807, 2.05) is 10.6 Å². The zero-order valence-corrected chi connectivity index (χ0v) is 28.1. The third-order valence-corrected chi connectivity index (χ3v) is 9.60. The second kappa shape index (κ2) is 12.7. The van der Waals surface area contributed by atoms with Gasteiger partial charge in [0.05, 0.1) is 52.7 Å². The van der Waals surface area contributed by atoms with Gasteiger partial charge in [0.2, 0.25) is 10.0 Å². The molecule has 0 unspecified atom stereocenters. The Balaban J connectivity index is 1.68. The first-order valence-corrected chi connectivity index (χ1v) is 16.9. The zero-order valence-electron chi connectivity index (χ0n) is 27.2. The number of aryl methyl sites for hydroxylation is 1. The number of benzene rings is 3. The van der Waals surface area contributed by atoms with Crippen molar-refractivity contribution in [3.63, 3.8) is 0 Å². The summed E-state index contributed by atoms with van der Waals surface area (Å²) in [6, 6.07) is 19.4. The van der Waals surface area contributed by atoms with E-state index in [1.165, 1.54) is 51.5 Å². The lowest BCUT2D eigenvalue weighted by Gasteiger charge is -2.21. The molecule has 1 amide bonds. The first kappa shape index (κ1) is 33.1. The first-order valence-electron chi connectivity index (χ1n) is 15.0. The van der Waals surface area contributed by atoms with Crippen LogP contribution in [0.3, 0.4) is 0 Å². The van der Waals surface area contributed by atoms with Crippen molar-refractivity contribution in [1.29, 1.82) is 5.26 Å². The van der Waals surface area contributed by atoms with E-state index < -0.39 is 27.3 Å². The predicted molar refractivity (Wildman–Crippen MR) is 184 cm³/mol. The number of fused-ring (bicyclic) bond motifs is 2. The highest BCUT2D eigenvalue weighted by Crippen LogP contribution is 2.41. The molecular weight excluding hydrogens is 651 g/mol. The van der Waals surface area contributed by atoms with Gasteiger partial charge >= 0.3 is 0 Å². The van der Waals surface area contributed by atoms with Crippen LogP contribution < -0.4 is 15.2 Å². The van der Waals surface area contributed by atoms with E-state index >= 15 is 0 Å². The molecule has 0 saturated heterocycles. The number of nitriles is 1. The lowest BCUT2D eigenvalue weighted by Crippen LogP contribution is -2.26. The fraction of sp³-hybridized carbons (Fsp3) is 0.200. The van der Waals surface area contributed by atoms with Crippen molar-refractivity contribution in [1.82, 2.24) is 19.7 Å². The molecule has 0 bridgehead atoms. The van der Waals surface area contributed by atoms with Crippen LogP contribution in [0.2, 0.25) is 0 Å². The van der Waals surface area contributed by atoms with Crippen LogP contribution in [0.1, 0.15) is 15.9 Å². The number of carbonyl (C=O) groups is 1. The highest BCUT2D eigenvalue weighted by Gasteiger charge is 2.27. The van der Waals surface area contributed by atoms with Gasteiger partial charge in [0, 0.05) is 68.3 Å². The number of aromatic nitrogens is 3. The van der Waals surface area contributed by atoms with Crippen molar-refractivity contribution in [3.8, 4) is 39.9 Å². The molecule has 6 aromatic rings. The zero-order chi connectivity index (χ0) is 35.2. The van der Waals surface area contributed by atoms with Crippen molar-refractivity contribution in [2.45, 2.75) is 6.54 Å². The van der Waals surface area contributed by atoms with Gasteiger partial charge in [-0.3, -0.25) is 13.9 Å². The van der Waals surface area contributed by atoms with E-state index in [4.69, 9.17) is 9.15 Å². The molecule has 250 valence electrons. The predicted octanol–water partition coefficient (Wildman–Crippen LogP) is 4.89. The third kappa shape index (κ3) is 5.83. The van der Waals surface area contributed by atoms with Gasteiger partial charge in [0.25, 0.3) is 11.5 Å². The lowest BCUT2D eigenvalue weighted by atomic mass is 10.00. The number of nitrogens with zero attached hydrogens (tertiary/aromatic N) is 5. The second-order valence-corrected chi connectivity index (χ2v) is 13.4. The second-order valence-electron chi connectivity index (χ2n) is 11.4. The number of rotatable bonds is 9. The monoisotopic (exact) mass is 682 g/mol. The number of hydrogen-bond donors (Lipinski definition) is 1. The van der Waals surface area contributed by atoms with E-state index in [9.17, 15) is 27.7 Å². The molecule has 0 radical (unpaired) electrons. The quantitative estimate of drug-likeness (QED) is 0.226. The van der Waals surface area contributed by atoms with Crippen molar-refractivity contribution in [3.05, 3.63) is 94.0 Å². The van der Waals surface area contributed by atoms with Crippen molar-refractivity contribution >= 4 is 43.5 Å². The van der Waals surface area contributed by atoms with Crippen LogP contribution in [-0.2, 0) is 28.4 Å². The molecular formula is C35H31FN6O6S. The summed E-state index contributed by atoms with van der Waals surface area (Å²) < 4.78 is 55.3. The summed E-state index contributed by atoms with van der Waals surface area (Å²) in [5.41, 5.74) is 2.92. The van der Waals surface area contributed by atoms with Gasteiger partial charge in [-0.2, -0.15) is 10.4 Å². The Morgan fingerprint density at radius 1 is 1.10 bits per heavy atom. The smallest absolute Gasteiger partial charge is 0.275 e. The molecule has 14 heteroatoms. The van der Waals surface area contributed by atoms with Crippen LogP contribution in [-0.4, -0.2) is 62.7 Å². The minimum Gasteiger partial charge on any atom is -0.455 e. The average Bonchev–Trinajstić information content (AvgIpc) is 3.65. The van der Waals surface area contributed by atoms with Gasteiger partial charge in [-0.25, -0.2) is 17.5 Å². The molecule has 0 aliphatic heterocycles. The van der Waals surface area contributed by atoms with E-state index in [0.717, 1.165) is 20.8 Å². The summed E-state index contributed by atoms with van der Waals surface area (Å²) in [5, 5.41) is 17.9. The molecule has 3 heterocycles. The maximum Gasteiger partial charge on any atom is 0.275 e. The summed E-state index contributed by atoms with van der Waals surface area (Å²) in [6.07, 6.45) is 1.05. The highest BCUT2D eigenvalue weighted by atomic mass is 32.2. The van der Waals surface area contributed by atoms with Crippen LogP contribution in [0.15, 0.2) is 75.9 Å². The molecule has 0 atom stereocenters. The molecule has 0 spiro atoms. The van der Waals surface area contributed by atoms with Crippen molar-refractivity contribution < 1.29 is 26.8 Å². The molecule has 12 nitrogen and oxygen atoms in total. The molecule has 6 rings (SSSR count). The van der Waals surface area contributed by atoms with Crippen LogP contribution in [0.5, 0.6) is 0 Å². The molecule has 0 saturated carbocycles. The SMILES string of the molecule is CNC(=O)c1c(-c2ccc(F)cc2)oc2cc(N(C)S(C)(=O)=O)c(-c3cc(-c4cc5c(C#N)cccc5n4CCOC)c(=O)n(C)n3)cc12. The fourth-order valence-corrected chi connectivity index (χ4v) is 6.39. The van der Waals surface area contributed by atoms with Gasteiger partial charge in [0.1, 0.15) is 17.2 Å². The maximum absolute atomic E-state index is 13.8. The lowest BCUT2D eigenvalue weighted by molar-refractivity contribution is 0.0964. The van der Waals surface area contributed by atoms with E-state index in [1.54, 1.807) is 37.4 Å². The van der Waals surface area contributed by atoms with Crippen molar-refractivity contribution in [2.24, 2.45) is 7.05 Å². The fourth-order valence-electron chi connectivity index (χ4n) is 5.88. The third-order valence-electron chi connectivity index (χ3n) is 8.40. The number of halogens is 1. The Labute approximate surface area is 280 Å². The minimum absolute atomic E-state index is 0.146. The summed E-state index contributed by atoms with van der Waals surface area (Å²) in [6.45, 7) is 0.695. The molecule has 0 aliphatic carbocycles. The number of furan rings is 1. The molecule has 0 aliphatic rings. The number of sulfonamides is 1. The topological polar surface area (TPSA) is 152 Å². The number of amides is 1. The highest BCUT2D eigenvalue weighted by molar-refractivity contribution is 7.92. The Morgan fingerprint density at radius 3 is 2.49 bits per heavy atom. The van der Waals surface area contributed by atoms with Crippen LogP contribution in [0, 0.1) is 17.1 Å². The average molecular weight is 683 g/mol. The van der Waals surface area contributed by atoms with Gasteiger partial charge in [-0.15, -0.1) is 0 Å².